The van der Waals surface area contributed by atoms with Crippen LogP contribution in [0.3, 0.4) is 0 Å². The summed E-state index contributed by atoms with van der Waals surface area (Å²) in [7, 11) is 0. The van der Waals surface area contributed by atoms with E-state index >= 15 is 0 Å². The molecule has 0 spiro atoms. The first-order valence-corrected chi connectivity index (χ1v) is 17.5. The Morgan fingerprint density at radius 2 is 1.10 bits per heavy atom. The van der Waals surface area contributed by atoms with Crippen LogP contribution in [0.2, 0.25) is 0 Å². The van der Waals surface area contributed by atoms with Crippen molar-refractivity contribution in [1.82, 2.24) is 15.0 Å². The summed E-state index contributed by atoms with van der Waals surface area (Å²) in [5, 5.41) is 14.5. The van der Waals surface area contributed by atoms with E-state index in [0.29, 0.717) is 0 Å². The van der Waals surface area contributed by atoms with Gasteiger partial charge in [-0.3, -0.25) is 0 Å². The summed E-state index contributed by atoms with van der Waals surface area (Å²) < 4.78 is 0. The van der Waals surface area contributed by atoms with Crippen molar-refractivity contribution in [3.05, 3.63) is 181 Å². The van der Waals surface area contributed by atoms with E-state index in [1.165, 1.54) is 33.4 Å². The molecule has 51 heavy (non-hydrogen) atoms. The molecule has 9 aromatic rings. The minimum absolute atomic E-state index is 0.111. The molecule has 0 N–H and O–H groups in total. The first-order chi connectivity index (χ1) is 25.0. The predicted octanol–water partition coefficient (Wildman–Crippen LogP) is 12.2. The van der Waals surface area contributed by atoms with Crippen molar-refractivity contribution in [2.75, 3.05) is 4.90 Å². The summed E-state index contributed by atoms with van der Waals surface area (Å²) in [6, 6.07) is 60.9. The zero-order valence-corrected chi connectivity index (χ0v) is 28.5. The second kappa shape index (κ2) is 11.3. The van der Waals surface area contributed by atoms with Crippen molar-refractivity contribution in [3.63, 3.8) is 0 Å². The van der Waals surface area contributed by atoms with E-state index in [-0.39, 0.29) is 5.41 Å². The second-order valence-corrected chi connectivity index (χ2v) is 14.0. The molecule has 0 unspecified atom stereocenters. The van der Waals surface area contributed by atoms with Gasteiger partial charge in [0.25, 0.3) is 0 Å². The second-order valence-electron chi connectivity index (χ2n) is 14.0. The Bertz CT molecular complexity index is 2760. The zero-order valence-electron chi connectivity index (χ0n) is 28.5. The van der Waals surface area contributed by atoms with Gasteiger partial charge in [0, 0.05) is 27.9 Å². The topological polar surface area (TPSA) is 34.0 Å². The lowest BCUT2D eigenvalue weighted by Crippen LogP contribution is -2.16. The van der Waals surface area contributed by atoms with Gasteiger partial charge in [0.2, 0.25) is 0 Å². The van der Waals surface area contributed by atoms with Gasteiger partial charge in [-0.05, 0) is 104 Å². The van der Waals surface area contributed by atoms with Crippen LogP contribution in [-0.4, -0.2) is 15.0 Å². The highest BCUT2D eigenvalue weighted by Crippen LogP contribution is 2.51. The third-order valence-corrected chi connectivity index (χ3v) is 10.6. The molecule has 0 bridgehead atoms. The van der Waals surface area contributed by atoms with E-state index < -0.39 is 0 Å². The van der Waals surface area contributed by atoms with Gasteiger partial charge in [-0.15, -0.1) is 10.2 Å². The van der Waals surface area contributed by atoms with Gasteiger partial charge in [0.15, 0.2) is 0 Å². The molecule has 0 amide bonds. The minimum atomic E-state index is -0.111. The molecule has 4 heteroatoms. The smallest absolute Gasteiger partial charge is 0.122 e. The third kappa shape index (κ3) is 4.68. The van der Waals surface area contributed by atoms with Gasteiger partial charge >= 0.3 is 0 Å². The molecule has 10 rings (SSSR count). The molecular weight excluding hydrogens is 621 g/mol. The van der Waals surface area contributed by atoms with Gasteiger partial charge in [-0.25, -0.2) is 0 Å². The monoisotopic (exact) mass is 654 g/mol. The van der Waals surface area contributed by atoms with Crippen LogP contribution in [-0.2, 0) is 5.41 Å². The molecule has 1 heterocycles. The average molecular weight is 655 g/mol. The first kappa shape index (κ1) is 29.4. The summed E-state index contributed by atoms with van der Waals surface area (Å²) >= 11 is 0. The molecule has 8 aromatic carbocycles. The van der Waals surface area contributed by atoms with Crippen molar-refractivity contribution in [1.29, 1.82) is 0 Å². The van der Waals surface area contributed by atoms with Crippen molar-refractivity contribution >= 4 is 49.6 Å². The summed E-state index contributed by atoms with van der Waals surface area (Å²) in [6.07, 6.45) is 0. The van der Waals surface area contributed by atoms with Crippen LogP contribution in [0.15, 0.2) is 170 Å². The summed E-state index contributed by atoms with van der Waals surface area (Å²) in [5.41, 5.74) is 13.7. The Labute approximate surface area is 296 Å². The van der Waals surface area contributed by atoms with Gasteiger partial charge in [0.05, 0.1) is 5.69 Å². The van der Waals surface area contributed by atoms with Gasteiger partial charge in [-0.2, -0.15) is 4.80 Å². The maximum Gasteiger partial charge on any atom is 0.122 e. The molecular formula is C47H34N4. The molecule has 0 radical (unpaired) electrons. The molecule has 1 aliphatic carbocycles. The largest absolute Gasteiger partial charge is 0.310 e. The number of para-hydroxylation sites is 1. The van der Waals surface area contributed by atoms with E-state index in [9.17, 15) is 0 Å². The lowest BCUT2D eigenvalue weighted by molar-refractivity contribution is 0.660. The van der Waals surface area contributed by atoms with Crippen molar-refractivity contribution in [2.24, 2.45) is 0 Å². The van der Waals surface area contributed by atoms with Crippen LogP contribution < -0.4 is 4.90 Å². The third-order valence-electron chi connectivity index (χ3n) is 10.6. The average Bonchev–Trinajstić information content (AvgIpc) is 3.72. The van der Waals surface area contributed by atoms with Crippen molar-refractivity contribution in [2.45, 2.75) is 19.3 Å². The van der Waals surface area contributed by atoms with Crippen LogP contribution in [0.25, 0.3) is 60.5 Å². The fourth-order valence-corrected chi connectivity index (χ4v) is 8.03. The first-order valence-electron chi connectivity index (χ1n) is 17.5. The zero-order chi connectivity index (χ0) is 34.1. The van der Waals surface area contributed by atoms with Crippen molar-refractivity contribution < 1.29 is 0 Å². The SMILES string of the molecule is CC1(C)c2ccccc2-c2ccc(N(c3ccc(-c4ccccc4)cc3)c3ccc4ccc5ccc6nn(-c7ccccc7)nc6c5c4c3)cc21. The molecule has 1 aromatic heterocycles. The number of hydrogen-bond donors (Lipinski definition) is 0. The molecule has 242 valence electrons. The molecule has 0 saturated heterocycles. The van der Waals surface area contributed by atoms with Gasteiger partial charge in [0.1, 0.15) is 11.0 Å². The normalized spacial score (nSPS) is 13.1. The van der Waals surface area contributed by atoms with E-state index in [4.69, 9.17) is 10.2 Å². The minimum Gasteiger partial charge on any atom is -0.310 e. The Morgan fingerprint density at radius 3 is 1.92 bits per heavy atom. The molecule has 0 saturated carbocycles. The molecule has 0 aliphatic heterocycles. The molecule has 1 aliphatic rings. The molecule has 0 fully saturated rings. The highest BCUT2D eigenvalue weighted by molar-refractivity contribution is 6.19. The van der Waals surface area contributed by atoms with Crippen LogP contribution in [0.4, 0.5) is 17.1 Å². The van der Waals surface area contributed by atoms with E-state index in [1.54, 1.807) is 4.80 Å². The van der Waals surface area contributed by atoms with Crippen LogP contribution in [0, 0.1) is 0 Å². The van der Waals surface area contributed by atoms with E-state index in [0.717, 1.165) is 55.3 Å². The number of anilines is 3. The predicted molar refractivity (Wildman–Crippen MR) is 212 cm³/mol. The molecule has 4 nitrogen and oxygen atoms in total. The number of nitrogens with zero attached hydrogens (tertiary/aromatic N) is 4. The lowest BCUT2D eigenvalue weighted by atomic mass is 9.82. The highest BCUT2D eigenvalue weighted by atomic mass is 15.5. The van der Waals surface area contributed by atoms with Crippen molar-refractivity contribution in [3.8, 4) is 27.9 Å². The Hall–Kier alpha value is -6.52. The summed E-state index contributed by atoms with van der Waals surface area (Å²) in [5.74, 6) is 0. The van der Waals surface area contributed by atoms with E-state index in [2.05, 4.69) is 158 Å². The Morgan fingerprint density at radius 1 is 0.490 bits per heavy atom. The van der Waals surface area contributed by atoms with Gasteiger partial charge in [-0.1, -0.05) is 129 Å². The Kier molecular flexibility index (Phi) is 6.49. The quantitative estimate of drug-likeness (QED) is 0.173. The van der Waals surface area contributed by atoms with Gasteiger partial charge < -0.3 is 4.90 Å². The van der Waals surface area contributed by atoms with Crippen LogP contribution in [0.5, 0.6) is 0 Å². The van der Waals surface area contributed by atoms with E-state index in [1.807, 2.05) is 30.3 Å². The maximum absolute atomic E-state index is 5.06. The maximum atomic E-state index is 5.06. The number of fused-ring (bicyclic) bond motifs is 8. The molecule has 0 atom stereocenters. The lowest BCUT2D eigenvalue weighted by Gasteiger charge is -2.28. The highest BCUT2D eigenvalue weighted by Gasteiger charge is 2.35. The fourth-order valence-electron chi connectivity index (χ4n) is 8.03. The van der Waals surface area contributed by atoms with Crippen LogP contribution >= 0.6 is 0 Å². The standard InChI is InChI=1S/C47H34N4/c1-47(2)42-16-10-9-15-39(42)40-27-26-38(30-43(40)47)50(35-23-19-32(20-24-35)31-11-5-3-6-12-31)37-25-21-33-17-18-34-22-28-44-46(45(34)41(33)29-37)49-51(48-44)36-13-7-4-8-14-36/h3-30H,1-2H3. The number of benzene rings is 8. The number of rotatable bonds is 5. The number of hydrogen-bond acceptors (Lipinski definition) is 3. The number of aromatic nitrogens is 3. The Balaban J connectivity index is 1.18. The fraction of sp³-hybridized carbons (Fsp3) is 0.0638. The summed E-state index contributed by atoms with van der Waals surface area (Å²) in [4.78, 5) is 4.14. The summed E-state index contributed by atoms with van der Waals surface area (Å²) in [6.45, 7) is 4.69. The van der Waals surface area contributed by atoms with Crippen LogP contribution in [0.1, 0.15) is 25.0 Å².